The fourth-order valence-electron chi connectivity index (χ4n) is 2.29. The number of pyridine rings is 1. The molecule has 0 spiro atoms. The third-order valence-corrected chi connectivity index (χ3v) is 4.84. The Morgan fingerprint density at radius 1 is 1.50 bits per heavy atom. The van der Waals surface area contributed by atoms with Crippen LogP contribution in [0.1, 0.15) is 25.8 Å². The molecule has 3 nitrogen and oxygen atoms in total. The molecule has 0 saturated carbocycles. The standard InChI is InChI=1S/C14H22N2OS/c1-14(2)6-12(9-18-10-14)15-7-11-4-5-13(17-3)16-8-11/h4-5,8,12,15H,6-7,9-10H2,1-3H3. The number of nitrogens with one attached hydrogen (secondary N) is 1. The Morgan fingerprint density at radius 3 is 2.94 bits per heavy atom. The first-order valence-electron chi connectivity index (χ1n) is 6.39. The van der Waals surface area contributed by atoms with E-state index in [1.807, 2.05) is 12.3 Å². The number of methoxy groups -OCH3 is 1. The minimum Gasteiger partial charge on any atom is -0.481 e. The number of hydrogen-bond donors (Lipinski definition) is 1. The molecule has 18 heavy (non-hydrogen) atoms. The molecule has 1 aromatic rings. The fourth-order valence-corrected chi connectivity index (χ4v) is 3.60. The molecule has 100 valence electrons. The van der Waals surface area contributed by atoms with Crippen LogP contribution in [0.3, 0.4) is 0 Å². The minimum atomic E-state index is 0.457. The molecule has 1 N–H and O–H groups in total. The van der Waals surface area contributed by atoms with E-state index in [4.69, 9.17) is 4.74 Å². The maximum Gasteiger partial charge on any atom is 0.212 e. The molecule has 2 rings (SSSR count). The second-order valence-electron chi connectivity index (χ2n) is 5.67. The van der Waals surface area contributed by atoms with Crippen LogP contribution in [0.4, 0.5) is 0 Å². The van der Waals surface area contributed by atoms with Gasteiger partial charge in [-0.2, -0.15) is 11.8 Å². The first-order valence-corrected chi connectivity index (χ1v) is 7.54. The highest BCUT2D eigenvalue weighted by molar-refractivity contribution is 7.99. The highest BCUT2D eigenvalue weighted by atomic mass is 32.2. The molecule has 1 aliphatic heterocycles. The van der Waals surface area contributed by atoms with Crippen molar-refractivity contribution in [2.24, 2.45) is 5.41 Å². The summed E-state index contributed by atoms with van der Waals surface area (Å²) >= 11 is 2.05. The van der Waals surface area contributed by atoms with E-state index >= 15 is 0 Å². The molecular weight excluding hydrogens is 244 g/mol. The number of thioether (sulfide) groups is 1. The fraction of sp³-hybridized carbons (Fsp3) is 0.643. The van der Waals surface area contributed by atoms with E-state index in [2.05, 4.69) is 42.0 Å². The lowest BCUT2D eigenvalue weighted by Crippen LogP contribution is -2.39. The lowest BCUT2D eigenvalue weighted by atomic mass is 9.88. The van der Waals surface area contributed by atoms with Gasteiger partial charge in [0.2, 0.25) is 5.88 Å². The maximum absolute atomic E-state index is 5.06. The molecule has 1 aliphatic rings. The monoisotopic (exact) mass is 266 g/mol. The minimum absolute atomic E-state index is 0.457. The molecule has 2 heterocycles. The number of hydrogen-bond acceptors (Lipinski definition) is 4. The lowest BCUT2D eigenvalue weighted by molar-refractivity contribution is 0.317. The molecule has 0 amide bonds. The molecule has 0 aromatic carbocycles. The molecule has 4 heteroatoms. The van der Waals surface area contributed by atoms with Crippen LogP contribution in [0, 0.1) is 5.41 Å². The highest BCUT2D eigenvalue weighted by Gasteiger charge is 2.27. The van der Waals surface area contributed by atoms with Gasteiger partial charge in [-0.1, -0.05) is 19.9 Å². The highest BCUT2D eigenvalue weighted by Crippen LogP contribution is 2.33. The van der Waals surface area contributed by atoms with Gasteiger partial charge in [0.15, 0.2) is 0 Å². The second-order valence-corrected chi connectivity index (χ2v) is 6.70. The Kier molecular flexibility index (Phi) is 4.51. The van der Waals surface area contributed by atoms with Gasteiger partial charge in [0.1, 0.15) is 0 Å². The largest absolute Gasteiger partial charge is 0.481 e. The number of nitrogens with zero attached hydrogens (tertiary/aromatic N) is 1. The first kappa shape index (κ1) is 13.7. The Morgan fingerprint density at radius 2 is 2.33 bits per heavy atom. The van der Waals surface area contributed by atoms with E-state index in [1.54, 1.807) is 7.11 Å². The smallest absolute Gasteiger partial charge is 0.212 e. The van der Waals surface area contributed by atoms with Gasteiger partial charge in [-0.3, -0.25) is 0 Å². The van der Waals surface area contributed by atoms with Crippen molar-refractivity contribution in [3.63, 3.8) is 0 Å². The predicted octanol–water partition coefficient (Wildman–Crippen LogP) is 2.71. The summed E-state index contributed by atoms with van der Waals surface area (Å²) in [5, 5.41) is 3.63. The van der Waals surface area contributed by atoms with Gasteiger partial charge in [0.25, 0.3) is 0 Å². The summed E-state index contributed by atoms with van der Waals surface area (Å²) in [5.41, 5.74) is 1.67. The van der Waals surface area contributed by atoms with E-state index in [9.17, 15) is 0 Å². The van der Waals surface area contributed by atoms with Crippen LogP contribution in [0.15, 0.2) is 18.3 Å². The molecule has 0 radical (unpaired) electrons. The zero-order valence-corrected chi connectivity index (χ0v) is 12.2. The van der Waals surface area contributed by atoms with E-state index in [-0.39, 0.29) is 0 Å². The molecular formula is C14H22N2OS. The summed E-state index contributed by atoms with van der Waals surface area (Å²) in [5.74, 6) is 3.16. The Balaban J connectivity index is 1.83. The normalized spacial score (nSPS) is 22.7. The van der Waals surface area contributed by atoms with Crippen molar-refractivity contribution in [2.75, 3.05) is 18.6 Å². The van der Waals surface area contributed by atoms with Gasteiger partial charge in [-0.25, -0.2) is 4.98 Å². The number of aromatic nitrogens is 1. The van der Waals surface area contributed by atoms with Gasteiger partial charge in [-0.05, 0) is 23.2 Å². The van der Waals surface area contributed by atoms with Gasteiger partial charge in [-0.15, -0.1) is 0 Å². The van der Waals surface area contributed by atoms with Crippen LogP contribution < -0.4 is 10.1 Å². The van der Waals surface area contributed by atoms with E-state index < -0.39 is 0 Å². The van der Waals surface area contributed by atoms with Crippen molar-refractivity contribution >= 4 is 11.8 Å². The van der Waals surface area contributed by atoms with Crippen LogP contribution in [0.5, 0.6) is 5.88 Å². The van der Waals surface area contributed by atoms with Crippen LogP contribution in [0.2, 0.25) is 0 Å². The van der Waals surface area contributed by atoms with Crippen molar-refractivity contribution in [3.8, 4) is 5.88 Å². The number of rotatable bonds is 4. The molecule has 1 atom stereocenters. The van der Waals surface area contributed by atoms with Crippen molar-refractivity contribution in [1.82, 2.24) is 10.3 Å². The molecule has 0 aliphatic carbocycles. The Labute approximate surface area is 114 Å². The van der Waals surface area contributed by atoms with Crippen LogP contribution in [-0.2, 0) is 6.54 Å². The van der Waals surface area contributed by atoms with Crippen LogP contribution in [-0.4, -0.2) is 29.6 Å². The first-order chi connectivity index (χ1) is 8.59. The van der Waals surface area contributed by atoms with E-state index in [0.29, 0.717) is 17.3 Å². The molecule has 1 unspecified atom stereocenters. The summed E-state index contributed by atoms with van der Waals surface area (Å²) in [6, 6.07) is 4.59. The zero-order valence-electron chi connectivity index (χ0n) is 11.4. The average Bonchev–Trinajstić information content (AvgIpc) is 2.36. The summed E-state index contributed by atoms with van der Waals surface area (Å²) in [7, 11) is 1.64. The third-order valence-electron chi connectivity index (χ3n) is 3.21. The molecule has 1 fully saturated rings. The van der Waals surface area contributed by atoms with Crippen molar-refractivity contribution in [2.45, 2.75) is 32.9 Å². The SMILES string of the molecule is COc1ccc(CNC2CSCC(C)(C)C2)cn1. The van der Waals surface area contributed by atoms with Crippen molar-refractivity contribution < 1.29 is 4.74 Å². The zero-order chi connectivity index (χ0) is 13.0. The Bertz CT molecular complexity index is 378. The third kappa shape index (κ3) is 3.89. The summed E-state index contributed by atoms with van der Waals surface area (Å²) < 4.78 is 5.06. The van der Waals surface area contributed by atoms with Crippen LogP contribution >= 0.6 is 11.8 Å². The topological polar surface area (TPSA) is 34.1 Å². The van der Waals surface area contributed by atoms with Gasteiger partial charge >= 0.3 is 0 Å². The average molecular weight is 266 g/mol. The lowest BCUT2D eigenvalue weighted by Gasteiger charge is -2.35. The molecule has 1 saturated heterocycles. The van der Waals surface area contributed by atoms with Gasteiger partial charge in [0.05, 0.1) is 7.11 Å². The molecule has 1 aromatic heterocycles. The predicted molar refractivity (Wildman–Crippen MR) is 77.1 cm³/mol. The van der Waals surface area contributed by atoms with Crippen LogP contribution in [0.25, 0.3) is 0 Å². The quantitative estimate of drug-likeness (QED) is 0.908. The Hall–Kier alpha value is -0.740. The summed E-state index contributed by atoms with van der Waals surface area (Å²) in [4.78, 5) is 4.22. The van der Waals surface area contributed by atoms with Gasteiger partial charge < -0.3 is 10.1 Å². The summed E-state index contributed by atoms with van der Waals surface area (Å²) in [6.07, 6.45) is 3.14. The van der Waals surface area contributed by atoms with E-state index in [0.717, 1.165) is 6.54 Å². The maximum atomic E-state index is 5.06. The number of ether oxygens (including phenoxy) is 1. The van der Waals surface area contributed by atoms with Crippen molar-refractivity contribution in [1.29, 1.82) is 0 Å². The second kappa shape index (κ2) is 5.93. The van der Waals surface area contributed by atoms with E-state index in [1.165, 1.54) is 23.5 Å². The van der Waals surface area contributed by atoms with Crippen molar-refractivity contribution in [3.05, 3.63) is 23.9 Å². The van der Waals surface area contributed by atoms with Gasteiger partial charge in [0, 0.05) is 30.6 Å². The summed E-state index contributed by atoms with van der Waals surface area (Å²) in [6.45, 7) is 5.59. The molecule has 0 bridgehead atoms.